The van der Waals surface area contributed by atoms with E-state index in [9.17, 15) is 0 Å². The molecule has 1 aromatic carbocycles. The third-order valence-corrected chi connectivity index (χ3v) is 3.54. The van der Waals surface area contributed by atoms with Crippen molar-refractivity contribution < 1.29 is 4.52 Å². The fraction of sp³-hybridized carbons (Fsp3) is 0.333. The van der Waals surface area contributed by atoms with Crippen molar-refractivity contribution in [1.82, 2.24) is 5.16 Å². The molecule has 0 saturated heterocycles. The first-order chi connectivity index (χ1) is 9.63. The number of para-hydroxylation sites is 1. The topological polar surface area (TPSA) is 61.9 Å². The number of hydrogen-bond acceptors (Lipinski definition) is 4. The van der Waals surface area contributed by atoms with Gasteiger partial charge in [-0.1, -0.05) is 22.8 Å². The molecule has 0 atom stereocenters. The lowest BCUT2D eigenvalue weighted by Gasteiger charge is -2.09. The second-order valence-electron chi connectivity index (χ2n) is 4.61. The van der Waals surface area contributed by atoms with Gasteiger partial charge in [-0.3, -0.25) is 0 Å². The molecule has 5 heteroatoms. The summed E-state index contributed by atoms with van der Waals surface area (Å²) in [7, 11) is 0. The summed E-state index contributed by atoms with van der Waals surface area (Å²) in [5.41, 5.74) is 3.37. The van der Waals surface area contributed by atoms with Crippen molar-refractivity contribution in [1.29, 1.82) is 5.26 Å². The van der Waals surface area contributed by atoms with Gasteiger partial charge >= 0.3 is 0 Å². The first-order valence-corrected chi connectivity index (χ1v) is 6.85. The highest BCUT2D eigenvalue weighted by Crippen LogP contribution is 2.25. The second kappa shape index (κ2) is 6.44. The monoisotopic (exact) mass is 289 g/mol. The summed E-state index contributed by atoms with van der Waals surface area (Å²) in [6.07, 6.45) is 1.81. The summed E-state index contributed by atoms with van der Waals surface area (Å²) in [6.45, 7) is 4.61. The molecule has 1 aromatic heterocycles. The molecule has 0 aliphatic heterocycles. The molecule has 0 aliphatic rings. The summed E-state index contributed by atoms with van der Waals surface area (Å²) < 4.78 is 5.13. The van der Waals surface area contributed by atoms with Gasteiger partial charge in [0.1, 0.15) is 11.8 Å². The fourth-order valence-corrected chi connectivity index (χ4v) is 2.38. The minimum atomic E-state index is 0.565. The first-order valence-electron chi connectivity index (χ1n) is 6.47. The normalized spacial score (nSPS) is 10.3. The Morgan fingerprint density at radius 3 is 2.85 bits per heavy atom. The average molecular weight is 290 g/mol. The van der Waals surface area contributed by atoms with E-state index in [1.807, 2.05) is 13.8 Å². The van der Waals surface area contributed by atoms with Crippen LogP contribution in [0.1, 0.15) is 29.0 Å². The zero-order valence-corrected chi connectivity index (χ0v) is 12.3. The van der Waals surface area contributed by atoms with Crippen molar-refractivity contribution in [3.8, 4) is 6.07 Å². The maximum Gasteiger partial charge on any atom is 0.137 e. The summed E-state index contributed by atoms with van der Waals surface area (Å²) in [4.78, 5) is 0. The van der Waals surface area contributed by atoms with E-state index in [-0.39, 0.29) is 0 Å². The molecular weight excluding hydrogens is 274 g/mol. The molecule has 1 heterocycles. The average Bonchev–Trinajstić information content (AvgIpc) is 2.76. The number of nitrogens with one attached hydrogen (secondary N) is 1. The standard InChI is InChI=1S/C15H16ClN3O/c1-10-13(11(2)20-19-10)6-4-8-18-15-12(9-17)5-3-7-14(15)16/h3,5,7,18H,4,6,8H2,1-2H3. The molecule has 0 radical (unpaired) electrons. The predicted molar refractivity (Wildman–Crippen MR) is 79.0 cm³/mol. The van der Waals surface area contributed by atoms with E-state index < -0.39 is 0 Å². The van der Waals surface area contributed by atoms with Crippen LogP contribution in [0.25, 0.3) is 0 Å². The molecule has 0 spiro atoms. The lowest BCUT2D eigenvalue weighted by atomic mass is 10.1. The molecule has 2 rings (SSSR count). The number of aromatic nitrogens is 1. The molecular formula is C15H16ClN3O. The van der Waals surface area contributed by atoms with E-state index in [0.29, 0.717) is 16.3 Å². The SMILES string of the molecule is Cc1noc(C)c1CCCNc1c(Cl)cccc1C#N. The van der Waals surface area contributed by atoms with E-state index >= 15 is 0 Å². The van der Waals surface area contributed by atoms with E-state index in [0.717, 1.165) is 36.4 Å². The zero-order chi connectivity index (χ0) is 14.5. The van der Waals surface area contributed by atoms with Crippen LogP contribution in [0.3, 0.4) is 0 Å². The van der Waals surface area contributed by atoms with E-state index in [1.54, 1.807) is 18.2 Å². The number of nitrogens with zero attached hydrogens (tertiary/aromatic N) is 2. The van der Waals surface area contributed by atoms with Gasteiger partial charge in [0, 0.05) is 12.1 Å². The second-order valence-corrected chi connectivity index (χ2v) is 5.01. The van der Waals surface area contributed by atoms with Gasteiger partial charge in [0.05, 0.1) is 22.0 Å². The molecule has 4 nitrogen and oxygen atoms in total. The van der Waals surface area contributed by atoms with Crippen LogP contribution in [0.5, 0.6) is 0 Å². The van der Waals surface area contributed by atoms with Crippen LogP contribution in [0.4, 0.5) is 5.69 Å². The molecule has 104 valence electrons. The lowest BCUT2D eigenvalue weighted by molar-refractivity contribution is 0.392. The van der Waals surface area contributed by atoms with Crippen LogP contribution in [0.15, 0.2) is 22.7 Å². The van der Waals surface area contributed by atoms with Crippen molar-refractivity contribution in [2.75, 3.05) is 11.9 Å². The third kappa shape index (κ3) is 3.12. The molecule has 20 heavy (non-hydrogen) atoms. The van der Waals surface area contributed by atoms with Crippen LogP contribution in [0, 0.1) is 25.2 Å². The van der Waals surface area contributed by atoms with E-state index in [4.69, 9.17) is 21.4 Å². The fourth-order valence-electron chi connectivity index (χ4n) is 2.13. The maximum absolute atomic E-state index is 9.05. The van der Waals surface area contributed by atoms with Gasteiger partial charge in [-0.25, -0.2) is 0 Å². The lowest BCUT2D eigenvalue weighted by Crippen LogP contribution is -2.05. The highest BCUT2D eigenvalue weighted by molar-refractivity contribution is 6.33. The van der Waals surface area contributed by atoms with Crippen LogP contribution < -0.4 is 5.32 Å². The number of anilines is 1. The largest absolute Gasteiger partial charge is 0.383 e. The Kier molecular flexibility index (Phi) is 4.65. The van der Waals surface area contributed by atoms with Gasteiger partial charge in [0.25, 0.3) is 0 Å². The van der Waals surface area contributed by atoms with Gasteiger partial charge in [0.2, 0.25) is 0 Å². The molecule has 2 aromatic rings. The Morgan fingerprint density at radius 1 is 1.40 bits per heavy atom. The summed E-state index contributed by atoms with van der Waals surface area (Å²) in [5, 5.41) is 16.8. The molecule has 0 bridgehead atoms. The summed E-state index contributed by atoms with van der Waals surface area (Å²) in [6, 6.07) is 7.44. The summed E-state index contributed by atoms with van der Waals surface area (Å²) >= 11 is 6.10. The number of hydrogen-bond donors (Lipinski definition) is 1. The van der Waals surface area contributed by atoms with Gasteiger partial charge in [-0.2, -0.15) is 5.26 Å². The number of benzene rings is 1. The van der Waals surface area contributed by atoms with Crippen molar-refractivity contribution in [3.63, 3.8) is 0 Å². The van der Waals surface area contributed by atoms with Crippen molar-refractivity contribution in [2.45, 2.75) is 26.7 Å². The Bertz CT molecular complexity index is 624. The zero-order valence-electron chi connectivity index (χ0n) is 11.5. The smallest absolute Gasteiger partial charge is 0.137 e. The van der Waals surface area contributed by atoms with Gasteiger partial charge < -0.3 is 9.84 Å². The highest BCUT2D eigenvalue weighted by atomic mass is 35.5. The van der Waals surface area contributed by atoms with Crippen LogP contribution in [-0.2, 0) is 6.42 Å². The Labute approximate surface area is 123 Å². The quantitative estimate of drug-likeness (QED) is 0.849. The van der Waals surface area contributed by atoms with Crippen LogP contribution in [0.2, 0.25) is 5.02 Å². The predicted octanol–water partition coefficient (Wildman–Crippen LogP) is 3.86. The number of rotatable bonds is 5. The molecule has 0 amide bonds. The maximum atomic E-state index is 9.05. The van der Waals surface area contributed by atoms with Gasteiger partial charge in [-0.05, 0) is 38.8 Å². The minimum Gasteiger partial charge on any atom is -0.383 e. The van der Waals surface area contributed by atoms with E-state index in [2.05, 4.69) is 16.5 Å². The molecule has 0 saturated carbocycles. The number of halogens is 1. The van der Waals surface area contributed by atoms with Crippen molar-refractivity contribution in [2.24, 2.45) is 0 Å². The number of aryl methyl sites for hydroxylation is 2. The Hall–Kier alpha value is -1.99. The van der Waals surface area contributed by atoms with Crippen LogP contribution >= 0.6 is 11.6 Å². The minimum absolute atomic E-state index is 0.565. The molecule has 0 unspecified atom stereocenters. The molecule has 1 N–H and O–H groups in total. The molecule has 0 aliphatic carbocycles. The van der Waals surface area contributed by atoms with E-state index in [1.165, 1.54) is 0 Å². The third-order valence-electron chi connectivity index (χ3n) is 3.22. The first kappa shape index (κ1) is 14.4. The van der Waals surface area contributed by atoms with Gasteiger partial charge in [0.15, 0.2) is 0 Å². The van der Waals surface area contributed by atoms with Crippen molar-refractivity contribution >= 4 is 17.3 Å². The summed E-state index contributed by atoms with van der Waals surface area (Å²) in [5.74, 6) is 0.873. The van der Waals surface area contributed by atoms with Crippen LogP contribution in [-0.4, -0.2) is 11.7 Å². The Morgan fingerprint density at radius 2 is 2.20 bits per heavy atom. The molecule has 0 fully saturated rings. The highest BCUT2D eigenvalue weighted by Gasteiger charge is 2.09. The number of nitriles is 1. The van der Waals surface area contributed by atoms with Gasteiger partial charge in [-0.15, -0.1) is 0 Å². The van der Waals surface area contributed by atoms with Crippen molar-refractivity contribution in [3.05, 3.63) is 45.8 Å². The Balaban J connectivity index is 1.93.